The molecule has 78 heavy (non-hydrogen) atoms. The van der Waals surface area contributed by atoms with E-state index in [1.165, 1.54) is 19.1 Å². The van der Waals surface area contributed by atoms with Crippen LogP contribution in [0.1, 0.15) is 142 Å². The van der Waals surface area contributed by atoms with Gasteiger partial charge >= 0.3 is 18.0 Å². The summed E-state index contributed by atoms with van der Waals surface area (Å²) in [6.45, 7) is 13.1. The topological polar surface area (TPSA) is 207 Å². The van der Waals surface area contributed by atoms with Crippen LogP contribution in [0.4, 0.5) is 4.79 Å². The van der Waals surface area contributed by atoms with E-state index in [0.29, 0.717) is 17.6 Å². The van der Waals surface area contributed by atoms with Gasteiger partial charge in [0.2, 0.25) is 0 Å². The number of nitrogens with one attached hydrogen (secondary N) is 1. The Morgan fingerprint density at radius 1 is 0.808 bits per heavy atom. The Morgan fingerprint density at radius 2 is 1.35 bits per heavy atom. The Morgan fingerprint density at radius 3 is 1.87 bits per heavy atom. The van der Waals surface area contributed by atoms with Crippen molar-refractivity contribution < 1.29 is 107 Å². The second-order valence-electron chi connectivity index (χ2n) is 22.5. The Labute approximate surface area is 497 Å². The quantitative estimate of drug-likeness (QED) is 0.0399. The van der Waals surface area contributed by atoms with E-state index < -0.39 is 107 Å². The van der Waals surface area contributed by atoms with Gasteiger partial charge in [0.1, 0.15) is 29.0 Å². The third-order valence-electron chi connectivity index (χ3n) is 15.6. The van der Waals surface area contributed by atoms with Crippen molar-refractivity contribution in [3.05, 3.63) is 156 Å². The van der Waals surface area contributed by atoms with Crippen LogP contribution in [0.5, 0.6) is 0 Å². The number of fused-ring (bicyclic) bond motifs is 5. The fraction of sp³-hybridized carbons (Fsp3) is 0.524. The molecular formula is C63H83AcNO13. The normalized spacial score (nSPS) is 28.7. The average molecular weight is 1290 g/mol. The number of amides is 1. The minimum Gasteiger partial charge on any atom is -0.455 e. The number of alkyl carbamates (subject to hydrolysis) is 1. The first-order valence-electron chi connectivity index (χ1n) is 27.3. The summed E-state index contributed by atoms with van der Waals surface area (Å²) < 4.78 is 30.7. The average Bonchev–Trinajstić information content (AvgIpc) is 3.50. The monoisotopic (exact) mass is 1290 g/mol. The molecule has 1 radical (unpaired) electrons. The van der Waals surface area contributed by atoms with Crippen LogP contribution < -0.4 is 5.32 Å². The minimum absolute atomic E-state index is 0. The molecule has 6 rings (SSSR count). The maximum atomic E-state index is 15.8. The summed E-state index contributed by atoms with van der Waals surface area (Å²) in [5, 5.41) is 53.4. The second-order valence-corrected chi connectivity index (χ2v) is 22.5. The van der Waals surface area contributed by atoms with Crippen molar-refractivity contribution in [1.29, 1.82) is 0 Å². The van der Waals surface area contributed by atoms with Gasteiger partial charge in [-0.15, -0.1) is 0 Å². The van der Waals surface area contributed by atoms with Crippen LogP contribution in [-0.2, 0) is 33.3 Å². The van der Waals surface area contributed by atoms with Crippen LogP contribution in [0.2, 0.25) is 0 Å². The molecule has 4 aliphatic rings. The largest absolute Gasteiger partial charge is 0.455 e. The molecule has 11 atom stereocenters. The van der Waals surface area contributed by atoms with E-state index in [2.05, 4.69) is 66.9 Å². The molecular weight excluding hydrogens is 1210 g/mol. The second kappa shape index (κ2) is 28.9. The van der Waals surface area contributed by atoms with Crippen molar-refractivity contribution in [2.75, 3.05) is 13.2 Å². The Bertz CT molecular complexity index is 2550. The number of Topliss-reactive ketones (excluding diaryl/α,β-unsaturated/α-hetero) is 1. The van der Waals surface area contributed by atoms with Crippen LogP contribution in [0.25, 0.3) is 0 Å². The zero-order valence-electron chi connectivity index (χ0n) is 46.8. The van der Waals surface area contributed by atoms with Crippen LogP contribution in [0, 0.1) is 60.8 Å². The summed E-state index contributed by atoms with van der Waals surface area (Å²) in [4.78, 5) is 57.5. The van der Waals surface area contributed by atoms with Gasteiger partial charge in [-0.05, 0) is 108 Å². The zero-order valence-corrected chi connectivity index (χ0v) is 51.6. The number of hydrogen-bond donors (Lipinski definition) is 5. The van der Waals surface area contributed by atoms with Gasteiger partial charge < -0.3 is 49.4 Å². The van der Waals surface area contributed by atoms with Crippen LogP contribution >= 0.6 is 0 Å². The molecule has 2 aromatic rings. The Balaban J connectivity index is 0.0000112. The number of rotatable bonds is 23. The van der Waals surface area contributed by atoms with Gasteiger partial charge in [-0.25, -0.2) is 9.59 Å². The number of esters is 2. The summed E-state index contributed by atoms with van der Waals surface area (Å²) in [6.07, 6.45) is 20.8. The molecule has 1 heterocycles. The zero-order chi connectivity index (χ0) is 56.0. The Hall–Kier alpha value is -4.30. The van der Waals surface area contributed by atoms with Crippen LogP contribution in [-0.4, -0.2) is 111 Å². The van der Waals surface area contributed by atoms with Crippen molar-refractivity contribution in [3.63, 3.8) is 0 Å². The van der Waals surface area contributed by atoms with Gasteiger partial charge in [0.15, 0.2) is 11.9 Å². The van der Waals surface area contributed by atoms with Crippen molar-refractivity contribution >= 4 is 23.8 Å². The number of carbonyl (C=O) groups excluding carboxylic acids is 4. The molecule has 15 heteroatoms. The van der Waals surface area contributed by atoms with E-state index in [9.17, 15) is 34.8 Å². The number of ether oxygens (including phenoxy) is 5. The molecule has 11 unspecified atom stereocenters. The number of benzene rings is 2. The number of allylic oxidation sites excluding steroid dienone is 12. The molecule has 421 valence electrons. The first kappa shape index (κ1) is 64.5. The van der Waals surface area contributed by atoms with E-state index in [1.54, 1.807) is 90.1 Å². The SMILES string of the molecule is CC/C=C\C/C=C\C/C=C\C/C=C\C/C=C\C/C=C\CCC(=O)OC1C(=O)C2(C)C(O)CC3OCC3(O)C2C(OC(=O)c2ccccc2)C2(O)CC(OCC(O)C(NC(=O)OC(C)(C)C)c3ccccc3)C(C)=C1C2(C)C.[Ac]. The summed E-state index contributed by atoms with van der Waals surface area (Å²) in [5.41, 5.74) is -7.28. The third kappa shape index (κ3) is 15.4. The molecule has 3 fully saturated rings. The first-order chi connectivity index (χ1) is 36.6. The molecule has 1 amide bonds. The van der Waals surface area contributed by atoms with Crippen LogP contribution in [0.15, 0.2) is 145 Å². The summed E-state index contributed by atoms with van der Waals surface area (Å²) in [6, 6.07) is 15.9. The minimum atomic E-state index is -2.23. The summed E-state index contributed by atoms with van der Waals surface area (Å²) in [5.74, 6) is -3.84. The molecule has 2 aromatic carbocycles. The number of aliphatic hydroxyl groups excluding tert-OH is 2. The van der Waals surface area contributed by atoms with E-state index in [1.807, 2.05) is 18.2 Å². The Kier molecular flexibility index (Phi) is 23.9. The van der Waals surface area contributed by atoms with Gasteiger partial charge in [-0.2, -0.15) is 0 Å². The summed E-state index contributed by atoms with van der Waals surface area (Å²) in [7, 11) is 0. The van der Waals surface area contributed by atoms with Gasteiger partial charge in [0.05, 0.1) is 48.5 Å². The fourth-order valence-electron chi connectivity index (χ4n) is 11.3. The van der Waals surface area contributed by atoms with Gasteiger partial charge in [-0.3, -0.25) is 9.59 Å². The van der Waals surface area contributed by atoms with E-state index >= 15 is 4.79 Å². The van der Waals surface area contributed by atoms with Crippen LogP contribution in [0.3, 0.4) is 0 Å². The number of aliphatic hydroxyl groups is 4. The van der Waals surface area contributed by atoms with Gasteiger partial charge in [0.25, 0.3) is 0 Å². The van der Waals surface area contributed by atoms with Crippen molar-refractivity contribution in [1.82, 2.24) is 5.32 Å². The first-order valence-corrected chi connectivity index (χ1v) is 27.3. The van der Waals surface area contributed by atoms with Crippen molar-refractivity contribution in [2.45, 2.75) is 179 Å². The number of carbonyl (C=O) groups is 4. The molecule has 0 spiro atoms. The smallest absolute Gasteiger partial charge is 0.408 e. The third-order valence-corrected chi connectivity index (χ3v) is 15.6. The fourth-order valence-corrected chi connectivity index (χ4v) is 11.3. The molecule has 0 aromatic heterocycles. The predicted octanol–water partition coefficient (Wildman–Crippen LogP) is 10.2. The van der Waals surface area contributed by atoms with Crippen molar-refractivity contribution in [3.8, 4) is 0 Å². The predicted molar refractivity (Wildman–Crippen MR) is 295 cm³/mol. The van der Waals surface area contributed by atoms with Gasteiger partial charge in [0, 0.05) is 74.7 Å². The maximum Gasteiger partial charge on any atom is 0.408 e. The molecule has 1 aliphatic heterocycles. The molecule has 2 bridgehead atoms. The molecule has 2 saturated carbocycles. The van der Waals surface area contributed by atoms with E-state index in [4.69, 9.17) is 23.7 Å². The molecule has 5 N–H and O–H groups in total. The van der Waals surface area contributed by atoms with E-state index in [-0.39, 0.29) is 87.5 Å². The van der Waals surface area contributed by atoms with E-state index in [0.717, 1.165) is 32.1 Å². The molecule has 14 nitrogen and oxygen atoms in total. The number of ketones is 1. The molecule has 3 aliphatic carbocycles. The standard InChI is InChI=1S/C63H83NO13.Ac/c1-9-10-11-12-13-14-15-16-17-18-19-20-21-22-23-24-25-26-33-38-50(67)75-53-51-43(2)47(73-41-46(65)52(44-34-29-27-30-35-44)64-58(70)77-59(3,4)5)40-63(72,60(51,6)7)56(76-57(69)45-36-31-28-32-37-45)54-61(8,55(53)68)48(66)39-49-62(54,71)42-74-49;/h10-11,13-14,16-17,19-20,22-23,25-32,34-37,46-49,52-54,56,65-66,71-72H,9,12,15,18,21,24,33,38-42H2,1-8H3,(H,64,70);/b11-10-,14-13-,17-16-,20-19-,23-22-,26-25-;. The van der Waals surface area contributed by atoms with Gasteiger partial charge in [-0.1, -0.05) is 142 Å². The number of hydrogen-bond acceptors (Lipinski definition) is 13. The maximum absolute atomic E-state index is 15.8. The molecule has 1 saturated heterocycles. The van der Waals surface area contributed by atoms with Crippen molar-refractivity contribution in [2.24, 2.45) is 16.7 Å². The summed E-state index contributed by atoms with van der Waals surface area (Å²) >= 11 is 0.